The Morgan fingerprint density at radius 1 is 1.18 bits per heavy atom. The normalized spacial score (nSPS) is 26.1. The number of amides is 2. The van der Waals surface area contributed by atoms with E-state index in [2.05, 4.69) is 5.32 Å². The molecule has 1 N–H and O–H groups in total. The Bertz CT molecular complexity index is 743. The second-order valence-corrected chi connectivity index (χ2v) is 8.71. The van der Waals surface area contributed by atoms with Crippen LogP contribution >= 0.6 is 11.6 Å². The number of hydrogen-bond acceptors (Lipinski definition) is 3. The molecule has 2 atom stereocenters. The van der Waals surface area contributed by atoms with Crippen LogP contribution in [0.1, 0.15) is 76.3 Å². The Labute approximate surface area is 171 Å². The zero-order valence-electron chi connectivity index (χ0n) is 16.5. The number of nitrogens with one attached hydrogen (secondary N) is 1. The summed E-state index contributed by atoms with van der Waals surface area (Å²) in [4.78, 5) is 28.6. The second kappa shape index (κ2) is 8.32. The molecule has 0 bridgehead atoms. The highest BCUT2D eigenvalue weighted by molar-refractivity contribution is 6.30. The molecule has 3 aliphatic rings. The van der Waals surface area contributed by atoms with Crippen molar-refractivity contribution in [3.8, 4) is 5.75 Å². The zero-order chi connectivity index (χ0) is 19.7. The highest BCUT2D eigenvalue weighted by atomic mass is 35.5. The van der Waals surface area contributed by atoms with Crippen LogP contribution in [0.15, 0.2) is 18.2 Å². The van der Waals surface area contributed by atoms with Crippen LogP contribution in [0.4, 0.5) is 0 Å². The smallest absolute Gasteiger partial charge is 0.264 e. The first-order valence-corrected chi connectivity index (χ1v) is 11.0. The first-order valence-electron chi connectivity index (χ1n) is 10.7. The number of fused-ring (bicyclic) bond motifs is 1. The van der Waals surface area contributed by atoms with Crippen molar-refractivity contribution in [2.24, 2.45) is 0 Å². The molecular formula is C22H29ClN2O3. The Kier molecular flexibility index (Phi) is 5.81. The Hall–Kier alpha value is -1.75. The molecule has 1 aromatic carbocycles. The van der Waals surface area contributed by atoms with Gasteiger partial charge >= 0.3 is 0 Å². The van der Waals surface area contributed by atoms with Gasteiger partial charge in [-0.1, -0.05) is 37.8 Å². The molecule has 1 aliphatic heterocycles. The molecule has 0 aromatic heterocycles. The Balaban J connectivity index is 1.72. The van der Waals surface area contributed by atoms with E-state index in [0.29, 0.717) is 22.8 Å². The van der Waals surface area contributed by atoms with E-state index in [9.17, 15) is 9.59 Å². The molecule has 1 heterocycles. The van der Waals surface area contributed by atoms with Crippen molar-refractivity contribution < 1.29 is 14.3 Å². The van der Waals surface area contributed by atoms with Gasteiger partial charge in [-0.05, 0) is 56.7 Å². The summed E-state index contributed by atoms with van der Waals surface area (Å²) in [5.41, 5.74) is 0.706. The van der Waals surface area contributed by atoms with Crippen molar-refractivity contribution in [2.45, 2.75) is 88.9 Å². The summed E-state index contributed by atoms with van der Waals surface area (Å²) >= 11 is 6.28. The molecule has 2 saturated carbocycles. The number of hydrogen-bond donors (Lipinski definition) is 1. The molecule has 0 radical (unpaired) electrons. The third-order valence-corrected chi connectivity index (χ3v) is 6.62. The van der Waals surface area contributed by atoms with E-state index in [1.54, 1.807) is 23.1 Å². The largest absolute Gasteiger partial charge is 0.480 e. The predicted molar refractivity (Wildman–Crippen MR) is 108 cm³/mol. The Morgan fingerprint density at radius 2 is 1.93 bits per heavy atom. The molecule has 6 heteroatoms. The summed E-state index contributed by atoms with van der Waals surface area (Å²) in [5.74, 6) is 0.412. The van der Waals surface area contributed by atoms with Gasteiger partial charge in [0.25, 0.3) is 5.91 Å². The number of carbonyl (C=O) groups excluding carboxylic acids is 2. The van der Waals surface area contributed by atoms with Crippen molar-refractivity contribution >= 4 is 23.4 Å². The van der Waals surface area contributed by atoms with Crippen LogP contribution in [0.5, 0.6) is 5.75 Å². The fraction of sp³-hybridized carbons (Fsp3) is 0.636. The molecule has 2 unspecified atom stereocenters. The third kappa shape index (κ3) is 3.73. The molecule has 0 saturated heterocycles. The van der Waals surface area contributed by atoms with Gasteiger partial charge in [0, 0.05) is 22.7 Å². The molecule has 2 amide bonds. The minimum atomic E-state index is -0.676. The molecule has 2 aliphatic carbocycles. The van der Waals surface area contributed by atoms with Gasteiger partial charge in [-0.3, -0.25) is 9.59 Å². The summed E-state index contributed by atoms with van der Waals surface area (Å²) in [5, 5.41) is 3.78. The van der Waals surface area contributed by atoms with Crippen LogP contribution in [0, 0.1) is 0 Å². The Morgan fingerprint density at radius 3 is 2.57 bits per heavy atom. The number of nitrogens with zero attached hydrogens (tertiary/aromatic N) is 1. The van der Waals surface area contributed by atoms with E-state index in [0.717, 1.165) is 44.9 Å². The second-order valence-electron chi connectivity index (χ2n) is 8.27. The molecule has 1 aromatic rings. The van der Waals surface area contributed by atoms with Crippen LogP contribution in [0.25, 0.3) is 0 Å². The van der Waals surface area contributed by atoms with Gasteiger partial charge in [0.05, 0.1) is 0 Å². The average molecular weight is 405 g/mol. The lowest BCUT2D eigenvalue weighted by Crippen LogP contribution is -2.54. The van der Waals surface area contributed by atoms with Crippen LogP contribution in [-0.4, -0.2) is 34.9 Å². The number of halogens is 1. The van der Waals surface area contributed by atoms with Gasteiger partial charge in [0.2, 0.25) is 5.91 Å². The van der Waals surface area contributed by atoms with Crippen molar-refractivity contribution in [3.05, 3.63) is 28.8 Å². The summed E-state index contributed by atoms with van der Waals surface area (Å²) < 4.78 is 6.06. The van der Waals surface area contributed by atoms with Gasteiger partial charge in [-0.15, -0.1) is 0 Å². The van der Waals surface area contributed by atoms with E-state index in [4.69, 9.17) is 16.3 Å². The minimum Gasteiger partial charge on any atom is -0.480 e. The highest BCUT2D eigenvalue weighted by Gasteiger charge is 2.45. The van der Waals surface area contributed by atoms with Gasteiger partial charge < -0.3 is 15.0 Å². The van der Waals surface area contributed by atoms with Crippen molar-refractivity contribution in [1.82, 2.24) is 10.2 Å². The monoisotopic (exact) mass is 404 g/mol. The standard InChI is InChI=1S/C22H29ClN2O3/c1-2-18-22(27)25(16-9-6-10-16)20(17-13-14(23)11-12-19(17)28-18)21(26)24-15-7-4-3-5-8-15/h11-13,15-16,18,20H,2-10H2,1H3,(H,24,26). The van der Waals surface area contributed by atoms with E-state index >= 15 is 0 Å². The van der Waals surface area contributed by atoms with Crippen LogP contribution in [-0.2, 0) is 9.59 Å². The highest BCUT2D eigenvalue weighted by Crippen LogP contribution is 2.41. The quantitative estimate of drug-likeness (QED) is 0.809. The maximum Gasteiger partial charge on any atom is 0.264 e. The summed E-state index contributed by atoms with van der Waals surface area (Å²) in [6.45, 7) is 1.94. The first kappa shape index (κ1) is 19.6. The first-order chi connectivity index (χ1) is 13.6. The van der Waals surface area contributed by atoms with Gasteiger partial charge in [-0.25, -0.2) is 0 Å². The van der Waals surface area contributed by atoms with Crippen molar-refractivity contribution in [1.29, 1.82) is 0 Å². The van der Waals surface area contributed by atoms with Crippen molar-refractivity contribution in [3.63, 3.8) is 0 Å². The number of ether oxygens (including phenoxy) is 1. The van der Waals surface area contributed by atoms with E-state index in [-0.39, 0.29) is 23.9 Å². The van der Waals surface area contributed by atoms with Gasteiger partial charge in [0.15, 0.2) is 6.10 Å². The molecule has 2 fully saturated rings. The molecule has 4 rings (SSSR count). The SMILES string of the molecule is CCC1Oc2ccc(Cl)cc2C(C(=O)NC2CCCCC2)N(C2CCC2)C1=O. The predicted octanol–water partition coefficient (Wildman–Crippen LogP) is 4.38. The topological polar surface area (TPSA) is 58.6 Å². The van der Waals surface area contributed by atoms with Crippen molar-refractivity contribution in [2.75, 3.05) is 0 Å². The fourth-order valence-electron chi connectivity index (χ4n) is 4.60. The molecule has 0 spiro atoms. The van der Waals surface area contributed by atoms with E-state index in [1.807, 2.05) is 6.92 Å². The van der Waals surface area contributed by atoms with Crippen LogP contribution in [0.2, 0.25) is 5.02 Å². The van der Waals surface area contributed by atoms with Crippen LogP contribution in [0.3, 0.4) is 0 Å². The maximum absolute atomic E-state index is 13.5. The van der Waals surface area contributed by atoms with Gasteiger partial charge in [0.1, 0.15) is 11.8 Å². The number of benzene rings is 1. The minimum absolute atomic E-state index is 0.0803. The lowest BCUT2D eigenvalue weighted by Gasteiger charge is -2.42. The number of carbonyl (C=O) groups is 2. The molecule has 152 valence electrons. The summed E-state index contributed by atoms with van der Waals surface area (Å²) in [7, 11) is 0. The molecular weight excluding hydrogens is 376 g/mol. The maximum atomic E-state index is 13.5. The molecule has 28 heavy (non-hydrogen) atoms. The number of rotatable bonds is 4. The zero-order valence-corrected chi connectivity index (χ0v) is 17.2. The fourth-order valence-corrected chi connectivity index (χ4v) is 4.78. The summed E-state index contributed by atoms with van der Waals surface area (Å²) in [6, 6.07) is 4.94. The molecule has 5 nitrogen and oxygen atoms in total. The van der Waals surface area contributed by atoms with E-state index < -0.39 is 12.1 Å². The van der Waals surface area contributed by atoms with Gasteiger partial charge in [-0.2, -0.15) is 0 Å². The van der Waals surface area contributed by atoms with E-state index in [1.165, 1.54) is 6.42 Å². The van der Waals surface area contributed by atoms with Crippen LogP contribution < -0.4 is 10.1 Å². The summed E-state index contributed by atoms with van der Waals surface area (Å²) in [6.07, 6.45) is 8.50. The average Bonchev–Trinajstić information content (AvgIpc) is 2.76. The third-order valence-electron chi connectivity index (χ3n) is 6.38. The lowest BCUT2D eigenvalue weighted by molar-refractivity contribution is -0.150. The lowest BCUT2D eigenvalue weighted by atomic mass is 9.88.